The molecule has 1 aliphatic heterocycles. The van der Waals surface area contributed by atoms with Crippen LogP contribution in [0.5, 0.6) is 0 Å². The molecule has 8 heteroatoms. The van der Waals surface area contributed by atoms with Crippen molar-refractivity contribution < 1.29 is 13.2 Å². The summed E-state index contributed by atoms with van der Waals surface area (Å²) in [6, 6.07) is 8.94. The van der Waals surface area contributed by atoms with E-state index in [2.05, 4.69) is 20.4 Å². The van der Waals surface area contributed by atoms with Gasteiger partial charge in [0.25, 0.3) is 0 Å². The van der Waals surface area contributed by atoms with Crippen molar-refractivity contribution in [2.24, 2.45) is 0 Å². The fraction of sp³-hybridized carbons (Fsp3) is 0.375. The van der Waals surface area contributed by atoms with Gasteiger partial charge in [0.1, 0.15) is 0 Å². The summed E-state index contributed by atoms with van der Waals surface area (Å²) in [7, 11) is 0. The zero-order valence-electron chi connectivity index (χ0n) is 12.7. The molecule has 1 N–H and O–H groups in total. The van der Waals surface area contributed by atoms with Crippen LogP contribution in [0.25, 0.3) is 0 Å². The Morgan fingerprint density at radius 1 is 1.08 bits per heavy atom. The van der Waals surface area contributed by atoms with Crippen molar-refractivity contribution in [2.45, 2.75) is 25.1 Å². The van der Waals surface area contributed by atoms with Gasteiger partial charge in [-0.2, -0.15) is 13.2 Å². The van der Waals surface area contributed by atoms with Crippen LogP contribution in [-0.4, -0.2) is 29.3 Å². The quantitative estimate of drug-likeness (QED) is 0.893. The van der Waals surface area contributed by atoms with Crippen molar-refractivity contribution in [2.75, 3.05) is 23.3 Å². The van der Waals surface area contributed by atoms with Gasteiger partial charge in [0.05, 0.1) is 5.56 Å². The molecule has 128 valence electrons. The standard InChI is InChI=1S/C16H16ClF3N4/c17-14-4-5-15(23-22-14)24-8-6-12(7-9-24)21-13-3-1-2-11(10-13)16(18,19)20/h1-5,10,12,21H,6-9H2. The lowest BCUT2D eigenvalue weighted by atomic mass is 10.0. The predicted octanol–water partition coefficient (Wildman–Crippen LogP) is 4.23. The van der Waals surface area contributed by atoms with Gasteiger partial charge in [0, 0.05) is 24.8 Å². The van der Waals surface area contributed by atoms with Crippen LogP contribution < -0.4 is 10.2 Å². The van der Waals surface area contributed by atoms with Gasteiger partial charge in [-0.25, -0.2) is 0 Å². The van der Waals surface area contributed by atoms with Crippen LogP contribution in [-0.2, 0) is 6.18 Å². The first kappa shape index (κ1) is 16.8. The van der Waals surface area contributed by atoms with E-state index in [1.54, 1.807) is 12.1 Å². The van der Waals surface area contributed by atoms with Crippen molar-refractivity contribution >= 4 is 23.1 Å². The number of halogens is 4. The monoisotopic (exact) mass is 356 g/mol. The Labute approximate surface area is 142 Å². The normalized spacial score (nSPS) is 16.2. The second kappa shape index (κ2) is 6.84. The summed E-state index contributed by atoms with van der Waals surface area (Å²) in [4.78, 5) is 2.09. The second-order valence-corrected chi connectivity index (χ2v) is 6.09. The molecule has 2 heterocycles. The first-order valence-electron chi connectivity index (χ1n) is 7.60. The summed E-state index contributed by atoms with van der Waals surface area (Å²) in [5.41, 5.74) is -0.143. The van der Waals surface area contributed by atoms with Gasteiger partial charge in [0.2, 0.25) is 0 Å². The molecule has 1 aliphatic rings. The van der Waals surface area contributed by atoms with E-state index in [-0.39, 0.29) is 6.04 Å². The lowest BCUT2D eigenvalue weighted by Crippen LogP contribution is -2.39. The van der Waals surface area contributed by atoms with Crippen molar-refractivity contribution in [3.63, 3.8) is 0 Å². The van der Waals surface area contributed by atoms with E-state index in [9.17, 15) is 13.2 Å². The molecule has 0 spiro atoms. The maximum atomic E-state index is 12.8. The number of hydrogen-bond acceptors (Lipinski definition) is 4. The molecule has 0 bridgehead atoms. The fourth-order valence-corrected chi connectivity index (χ4v) is 2.85. The predicted molar refractivity (Wildman–Crippen MR) is 87.3 cm³/mol. The van der Waals surface area contributed by atoms with E-state index < -0.39 is 11.7 Å². The zero-order chi connectivity index (χ0) is 17.2. The third kappa shape index (κ3) is 4.08. The van der Waals surface area contributed by atoms with E-state index in [0.29, 0.717) is 10.8 Å². The number of hydrogen-bond donors (Lipinski definition) is 1. The van der Waals surface area contributed by atoms with E-state index >= 15 is 0 Å². The average Bonchev–Trinajstić information content (AvgIpc) is 2.56. The Morgan fingerprint density at radius 2 is 1.83 bits per heavy atom. The Balaban J connectivity index is 1.58. The molecule has 3 rings (SSSR count). The second-order valence-electron chi connectivity index (χ2n) is 5.70. The van der Waals surface area contributed by atoms with Gasteiger partial charge < -0.3 is 10.2 Å². The summed E-state index contributed by atoms with van der Waals surface area (Å²) in [6.45, 7) is 1.51. The third-order valence-electron chi connectivity index (χ3n) is 4.00. The molecule has 0 amide bonds. The minimum absolute atomic E-state index is 0.130. The maximum absolute atomic E-state index is 12.8. The van der Waals surface area contributed by atoms with Gasteiger partial charge in [-0.15, -0.1) is 10.2 Å². The number of rotatable bonds is 3. The van der Waals surface area contributed by atoms with Crippen LogP contribution in [0.1, 0.15) is 18.4 Å². The molecular weight excluding hydrogens is 341 g/mol. The van der Waals surface area contributed by atoms with Crippen LogP contribution in [0.2, 0.25) is 5.15 Å². The van der Waals surface area contributed by atoms with Gasteiger partial charge in [-0.05, 0) is 43.2 Å². The van der Waals surface area contributed by atoms with Crippen LogP contribution in [0, 0.1) is 0 Å². The van der Waals surface area contributed by atoms with E-state index in [1.807, 2.05) is 6.07 Å². The highest BCUT2D eigenvalue weighted by molar-refractivity contribution is 6.29. The fourth-order valence-electron chi connectivity index (χ4n) is 2.75. The van der Waals surface area contributed by atoms with Crippen LogP contribution in [0.4, 0.5) is 24.7 Å². The molecule has 4 nitrogen and oxygen atoms in total. The molecule has 0 aliphatic carbocycles. The average molecular weight is 357 g/mol. The third-order valence-corrected chi connectivity index (χ3v) is 4.20. The number of aromatic nitrogens is 2. The summed E-state index contributed by atoms with van der Waals surface area (Å²) in [6.07, 6.45) is -2.71. The number of benzene rings is 1. The first-order chi connectivity index (χ1) is 11.4. The summed E-state index contributed by atoms with van der Waals surface area (Å²) in [5.74, 6) is 0.761. The van der Waals surface area contributed by atoms with Crippen LogP contribution >= 0.6 is 11.6 Å². The summed E-state index contributed by atoms with van der Waals surface area (Å²) >= 11 is 5.73. The van der Waals surface area contributed by atoms with E-state index in [1.165, 1.54) is 6.07 Å². The molecule has 1 aromatic carbocycles. The smallest absolute Gasteiger partial charge is 0.382 e. The maximum Gasteiger partial charge on any atom is 0.416 e. The Hall–Kier alpha value is -2.02. The SMILES string of the molecule is FC(F)(F)c1cccc(NC2CCN(c3ccc(Cl)nn3)CC2)c1. The van der Waals surface area contributed by atoms with Gasteiger partial charge in [0.15, 0.2) is 11.0 Å². The summed E-state index contributed by atoms with van der Waals surface area (Å²) < 4.78 is 38.3. The zero-order valence-corrected chi connectivity index (χ0v) is 13.5. The molecule has 2 aromatic rings. The molecular formula is C16H16ClF3N4. The molecule has 1 aromatic heterocycles. The Kier molecular flexibility index (Phi) is 4.80. The number of piperidine rings is 1. The topological polar surface area (TPSA) is 41.0 Å². The molecule has 0 radical (unpaired) electrons. The minimum Gasteiger partial charge on any atom is -0.382 e. The molecule has 24 heavy (non-hydrogen) atoms. The van der Waals surface area contributed by atoms with Crippen molar-refractivity contribution in [1.29, 1.82) is 0 Å². The summed E-state index contributed by atoms with van der Waals surface area (Å²) in [5, 5.41) is 11.4. The Morgan fingerprint density at radius 3 is 2.46 bits per heavy atom. The molecule has 0 atom stereocenters. The van der Waals surface area contributed by atoms with E-state index in [0.717, 1.165) is 43.9 Å². The number of alkyl halides is 3. The molecule has 1 saturated heterocycles. The van der Waals surface area contributed by atoms with Crippen LogP contribution in [0.15, 0.2) is 36.4 Å². The van der Waals surface area contributed by atoms with Crippen molar-refractivity contribution in [3.8, 4) is 0 Å². The van der Waals surface area contributed by atoms with Gasteiger partial charge in [-0.1, -0.05) is 17.7 Å². The highest BCUT2D eigenvalue weighted by Gasteiger charge is 2.30. The largest absolute Gasteiger partial charge is 0.416 e. The first-order valence-corrected chi connectivity index (χ1v) is 7.97. The van der Waals surface area contributed by atoms with Crippen LogP contribution in [0.3, 0.4) is 0 Å². The minimum atomic E-state index is -4.33. The molecule has 0 saturated carbocycles. The molecule has 0 unspecified atom stereocenters. The lowest BCUT2D eigenvalue weighted by Gasteiger charge is -2.33. The number of nitrogens with zero attached hydrogens (tertiary/aromatic N) is 3. The van der Waals surface area contributed by atoms with Gasteiger partial charge in [-0.3, -0.25) is 0 Å². The van der Waals surface area contributed by atoms with E-state index in [4.69, 9.17) is 11.6 Å². The van der Waals surface area contributed by atoms with Gasteiger partial charge >= 0.3 is 6.18 Å². The number of anilines is 2. The molecule has 1 fully saturated rings. The van der Waals surface area contributed by atoms with Crippen molar-refractivity contribution in [1.82, 2.24) is 10.2 Å². The number of nitrogens with one attached hydrogen (secondary N) is 1. The highest BCUT2D eigenvalue weighted by atomic mass is 35.5. The highest BCUT2D eigenvalue weighted by Crippen LogP contribution is 2.31. The Bertz CT molecular complexity index is 682. The van der Waals surface area contributed by atoms with Crippen molar-refractivity contribution in [3.05, 3.63) is 47.1 Å². The lowest BCUT2D eigenvalue weighted by molar-refractivity contribution is -0.137.